The number of rotatable bonds is 6. The third-order valence-electron chi connectivity index (χ3n) is 2.98. The minimum atomic E-state index is -4.09. The molecule has 2 atom stereocenters. The van der Waals surface area contributed by atoms with Gasteiger partial charge in [-0.1, -0.05) is 12.1 Å². The van der Waals surface area contributed by atoms with E-state index in [0.717, 1.165) is 5.56 Å². The highest BCUT2D eigenvalue weighted by atomic mass is 19.4. The van der Waals surface area contributed by atoms with Crippen LogP contribution in [0.1, 0.15) is 44.7 Å². The SMILES string of the molecule is CC(CCCC(F)(F)F)N[C@H](C)c1cccc(F)c1. The van der Waals surface area contributed by atoms with E-state index in [1.54, 1.807) is 12.1 Å². The zero-order valence-corrected chi connectivity index (χ0v) is 11.1. The summed E-state index contributed by atoms with van der Waals surface area (Å²) in [7, 11) is 0. The Hall–Kier alpha value is -1.10. The van der Waals surface area contributed by atoms with Crippen molar-refractivity contribution >= 4 is 0 Å². The maximum atomic E-state index is 13.0. The lowest BCUT2D eigenvalue weighted by Crippen LogP contribution is -2.29. The van der Waals surface area contributed by atoms with Crippen molar-refractivity contribution in [3.8, 4) is 0 Å². The maximum absolute atomic E-state index is 13.0. The van der Waals surface area contributed by atoms with Crippen LogP contribution in [-0.2, 0) is 0 Å². The molecule has 0 heterocycles. The molecule has 1 unspecified atom stereocenters. The summed E-state index contributed by atoms with van der Waals surface area (Å²) in [5.41, 5.74) is 0.794. The first-order valence-corrected chi connectivity index (χ1v) is 6.36. The molecule has 1 N–H and O–H groups in total. The van der Waals surface area contributed by atoms with Crippen LogP contribution in [0.2, 0.25) is 0 Å². The largest absolute Gasteiger partial charge is 0.389 e. The molecule has 0 aliphatic heterocycles. The fraction of sp³-hybridized carbons (Fsp3) is 0.571. The molecule has 1 nitrogen and oxygen atoms in total. The van der Waals surface area contributed by atoms with Crippen LogP contribution in [0.3, 0.4) is 0 Å². The highest BCUT2D eigenvalue weighted by Gasteiger charge is 2.26. The van der Waals surface area contributed by atoms with Gasteiger partial charge in [0.15, 0.2) is 0 Å². The van der Waals surface area contributed by atoms with Crippen molar-refractivity contribution in [2.45, 2.75) is 51.4 Å². The molecule has 108 valence electrons. The number of hydrogen-bond acceptors (Lipinski definition) is 1. The van der Waals surface area contributed by atoms with Gasteiger partial charge in [-0.05, 0) is 44.4 Å². The summed E-state index contributed by atoms with van der Waals surface area (Å²) in [6.45, 7) is 3.71. The zero-order valence-electron chi connectivity index (χ0n) is 11.1. The van der Waals surface area contributed by atoms with Crippen LogP contribution in [0.5, 0.6) is 0 Å². The molecule has 0 spiro atoms. The molecule has 1 aromatic carbocycles. The first-order valence-electron chi connectivity index (χ1n) is 6.36. The van der Waals surface area contributed by atoms with Crippen molar-refractivity contribution in [1.82, 2.24) is 5.32 Å². The molecule has 1 aromatic rings. The molecular formula is C14H19F4N. The Morgan fingerprint density at radius 3 is 2.47 bits per heavy atom. The second-order valence-electron chi connectivity index (χ2n) is 4.85. The van der Waals surface area contributed by atoms with E-state index in [1.807, 2.05) is 13.8 Å². The third kappa shape index (κ3) is 6.57. The van der Waals surface area contributed by atoms with Gasteiger partial charge in [-0.3, -0.25) is 0 Å². The number of halogens is 4. The molecule has 1 rings (SSSR count). The van der Waals surface area contributed by atoms with E-state index in [0.29, 0.717) is 6.42 Å². The molecule has 19 heavy (non-hydrogen) atoms. The van der Waals surface area contributed by atoms with Gasteiger partial charge in [0, 0.05) is 18.5 Å². The Bertz CT molecular complexity index is 389. The summed E-state index contributed by atoms with van der Waals surface area (Å²) < 4.78 is 49.1. The van der Waals surface area contributed by atoms with Crippen molar-refractivity contribution in [3.63, 3.8) is 0 Å². The van der Waals surface area contributed by atoms with Gasteiger partial charge < -0.3 is 5.32 Å². The summed E-state index contributed by atoms with van der Waals surface area (Å²) in [5.74, 6) is -0.309. The van der Waals surface area contributed by atoms with Crippen molar-refractivity contribution in [2.24, 2.45) is 0 Å². The zero-order chi connectivity index (χ0) is 14.5. The van der Waals surface area contributed by atoms with Gasteiger partial charge in [0.1, 0.15) is 5.82 Å². The quantitative estimate of drug-likeness (QED) is 0.749. The van der Waals surface area contributed by atoms with Crippen molar-refractivity contribution < 1.29 is 17.6 Å². The molecule has 0 amide bonds. The molecule has 0 saturated carbocycles. The van der Waals surface area contributed by atoms with Crippen molar-refractivity contribution in [2.75, 3.05) is 0 Å². The Morgan fingerprint density at radius 2 is 1.89 bits per heavy atom. The van der Waals surface area contributed by atoms with Gasteiger partial charge in [-0.15, -0.1) is 0 Å². The van der Waals surface area contributed by atoms with Crippen LogP contribution in [-0.4, -0.2) is 12.2 Å². The van der Waals surface area contributed by atoms with E-state index < -0.39 is 12.6 Å². The summed E-state index contributed by atoms with van der Waals surface area (Å²) >= 11 is 0. The lowest BCUT2D eigenvalue weighted by Gasteiger charge is -2.20. The van der Waals surface area contributed by atoms with E-state index in [9.17, 15) is 17.6 Å². The van der Waals surface area contributed by atoms with Crippen LogP contribution >= 0.6 is 0 Å². The van der Waals surface area contributed by atoms with E-state index in [2.05, 4.69) is 5.32 Å². The Labute approximate surface area is 111 Å². The predicted octanol–water partition coefficient (Wildman–Crippen LogP) is 4.60. The molecule has 0 aromatic heterocycles. The highest BCUT2D eigenvalue weighted by Crippen LogP contribution is 2.23. The molecule has 0 fully saturated rings. The van der Waals surface area contributed by atoms with E-state index >= 15 is 0 Å². The van der Waals surface area contributed by atoms with Gasteiger partial charge in [0.25, 0.3) is 0 Å². The van der Waals surface area contributed by atoms with Crippen LogP contribution in [0, 0.1) is 5.82 Å². The number of alkyl halides is 3. The predicted molar refractivity (Wildman–Crippen MR) is 67.3 cm³/mol. The highest BCUT2D eigenvalue weighted by molar-refractivity contribution is 5.19. The standard InChI is InChI=1S/C14H19F4N/c1-10(5-4-8-14(16,17)18)19-11(2)12-6-3-7-13(15)9-12/h3,6-7,9-11,19H,4-5,8H2,1-2H3/t10?,11-/m1/s1. The monoisotopic (exact) mass is 277 g/mol. The topological polar surface area (TPSA) is 12.0 Å². The smallest absolute Gasteiger partial charge is 0.308 e. The maximum Gasteiger partial charge on any atom is 0.389 e. The van der Waals surface area contributed by atoms with Gasteiger partial charge in [0.2, 0.25) is 0 Å². The molecule has 0 radical (unpaired) electrons. The number of nitrogens with one attached hydrogen (secondary N) is 1. The average Bonchev–Trinajstić information content (AvgIpc) is 2.27. The Balaban J connectivity index is 2.38. The van der Waals surface area contributed by atoms with Crippen LogP contribution in [0.4, 0.5) is 17.6 Å². The molecule has 0 saturated heterocycles. The number of hydrogen-bond donors (Lipinski definition) is 1. The lowest BCUT2D eigenvalue weighted by molar-refractivity contribution is -0.135. The second-order valence-corrected chi connectivity index (χ2v) is 4.85. The van der Waals surface area contributed by atoms with E-state index in [4.69, 9.17) is 0 Å². The van der Waals surface area contributed by atoms with Crippen molar-refractivity contribution in [3.05, 3.63) is 35.6 Å². The third-order valence-corrected chi connectivity index (χ3v) is 2.98. The van der Waals surface area contributed by atoms with Crippen LogP contribution in [0.15, 0.2) is 24.3 Å². The van der Waals surface area contributed by atoms with Gasteiger partial charge in [-0.2, -0.15) is 13.2 Å². The van der Waals surface area contributed by atoms with Gasteiger partial charge >= 0.3 is 6.18 Å². The van der Waals surface area contributed by atoms with Gasteiger partial charge in [-0.25, -0.2) is 4.39 Å². The Morgan fingerprint density at radius 1 is 1.21 bits per heavy atom. The fourth-order valence-electron chi connectivity index (χ4n) is 1.99. The first-order chi connectivity index (χ1) is 8.78. The van der Waals surface area contributed by atoms with E-state index in [1.165, 1.54) is 12.1 Å². The molecular weight excluding hydrogens is 258 g/mol. The average molecular weight is 277 g/mol. The summed E-state index contributed by atoms with van der Waals surface area (Å²) in [6, 6.07) is 6.08. The van der Waals surface area contributed by atoms with Gasteiger partial charge in [0.05, 0.1) is 0 Å². The minimum absolute atomic E-state index is 0.0411. The number of benzene rings is 1. The Kier molecular flexibility index (Phi) is 5.79. The molecule has 0 bridgehead atoms. The van der Waals surface area contributed by atoms with Crippen LogP contribution < -0.4 is 5.32 Å². The normalized spacial score (nSPS) is 15.3. The van der Waals surface area contributed by atoms with Crippen LogP contribution in [0.25, 0.3) is 0 Å². The second kappa shape index (κ2) is 6.89. The van der Waals surface area contributed by atoms with E-state index in [-0.39, 0.29) is 24.3 Å². The molecule has 0 aliphatic rings. The summed E-state index contributed by atoms with van der Waals surface area (Å²) in [4.78, 5) is 0. The summed E-state index contributed by atoms with van der Waals surface area (Å²) in [5, 5.41) is 3.18. The fourth-order valence-corrected chi connectivity index (χ4v) is 1.99. The first kappa shape index (κ1) is 16.0. The lowest BCUT2D eigenvalue weighted by atomic mass is 10.1. The minimum Gasteiger partial charge on any atom is -0.308 e. The molecule has 0 aliphatic carbocycles. The summed E-state index contributed by atoms with van der Waals surface area (Å²) in [6.07, 6.45) is -4.30. The van der Waals surface area contributed by atoms with Crippen molar-refractivity contribution in [1.29, 1.82) is 0 Å². The molecule has 5 heteroatoms.